The second-order valence-electron chi connectivity index (χ2n) is 4.58. The Morgan fingerprint density at radius 3 is 3.09 bits per heavy atom. The molecule has 23 heavy (non-hydrogen) atoms. The number of H-pyrrole nitrogens is 1. The van der Waals surface area contributed by atoms with Crippen molar-refractivity contribution in [1.82, 2.24) is 15.2 Å². The van der Waals surface area contributed by atoms with E-state index in [0.29, 0.717) is 11.4 Å². The van der Waals surface area contributed by atoms with Gasteiger partial charge in [0.2, 0.25) is 5.95 Å². The standard InChI is InChI=1S/C16H11N5O2/c17-9-12-3-1-2-11(8-12)4-5-14(22)18-16-19-15(20-21-16)13-6-7-23-10-13/h1-8,10H,(H2,18,19,20,21,22)/b5-4-. The van der Waals surface area contributed by atoms with Crippen LogP contribution in [0.5, 0.6) is 0 Å². The molecule has 0 saturated carbocycles. The number of carbonyl (C=O) groups is 1. The van der Waals surface area contributed by atoms with Crippen molar-refractivity contribution in [2.45, 2.75) is 0 Å². The van der Waals surface area contributed by atoms with E-state index in [-0.39, 0.29) is 11.9 Å². The van der Waals surface area contributed by atoms with Crippen molar-refractivity contribution < 1.29 is 9.21 Å². The summed E-state index contributed by atoms with van der Waals surface area (Å²) in [7, 11) is 0. The van der Waals surface area contributed by atoms with Crippen molar-refractivity contribution in [3.63, 3.8) is 0 Å². The minimum absolute atomic E-state index is 0.168. The van der Waals surface area contributed by atoms with Crippen LogP contribution >= 0.6 is 0 Å². The number of nitrogens with one attached hydrogen (secondary N) is 2. The largest absolute Gasteiger partial charge is 0.472 e. The quantitative estimate of drug-likeness (QED) is 0.720. The summed E-state index contributed by atoms with van der Waals surface area (Å²) in [6, 6.07) is 10.7. The number of benzene rings is 1. The SMILES string of the molecule is N#Cc1cccc(/C=C\C(=O)Nc2n[nH]c(-c3ccoc3)n2)c1. The second-order valence-corrected chi connectivity index (χ2v) is 4.58. The number of aromatic amines is 1. The van der Waals surface area contributed by atoms with Gasteiger partial charge >= 0.3 is 0 Å². The van der Waals surface area contributed by atoms with E-state index in [9.17, 15) is 4.79 Å². The molecule has 3 aromatic rings. The van der Waals surface area contributed by atoms with Crippen molar-refractivity contribution in [3.05, 3.63) is 60.1 Å². The molecule has 0 aliphatic heterocycles. The zero-order chi connectivity index (χ0) is 16.1. The summed E-state index contributed by atoms with van der Waals surface area (Å²) < 4.78 is 4.96. The van der Waals surface area contributed by atoms with E-state index < -0.39 is 0 Å². The number of nitrogens with zero attached hydrogens (tertiary/aromatic N) is 3. The first kappa shape index (κ1) is 14.3. The highest BCUT2D eigenvalue weighted by atomic mass is 16.3. The summed E-state index contributed by atoms with van der Waals surface area (Å²) in [6.45, 7) is 0. The van der Waals surface area contributed by atoms with E-state index >= 15 is 0 Å². The van der Waals surface area contributed by atoms with Crippen LogP contribution in [-0.2, 0) is 4.79 Å². The molecule has 0 unspecified atom stereocenters. The number of hydrogen-bond acceptors (Lipinski definition) is 5. The predicted molar refractivity (Wildman–Crippen MR) is 82.9 cm³/mol. The lowest BCUT2D eigenvalue weighted by atomic mass is 10.1. The number of carbonyl (C=O) groups excluding carboxylic acids is 1. The molecule has 112 valence electrons. The van der Waals surface area contributed by atoms with Crippen LogP contribution in [0.1, 0.15) is 11.1 Å². The second kappa shape index (κ2) is 6.41. The van der Waals surface area contributed by atoms with Gasteiger partial charge in [-0.2, -0.15) is 10.2 Å². The average molecular weight is 305 g/mol. The Labute approximate surface area is 131 Å². The maximum Gasteiger partial charge on any atom is 0.250 e. The molecule has 1 aromatic carbocycles. The highest BCUT2D eigenvalue weighted by Gasteiger charge is 2.08. The van der Waals surface area contributed by atoms with Crippen molar-refractivity contribution in [1.29, 1.82) is 5.26 Å². The van der Waals surface area contributed by atoms with E-state index in [2.05, 4.69) is 20.5 Å². The van der Waals surface area contributed by atoms with Gasteiger partial charge in [-0.25, -0.2) is 0 Å². The van der Waals surface area contributed by atoms with Crippen LogP contribution in [0.4, 0.5) is 5.95 Å². The molecule has 0 aliphatic carbocycles. The van der Waals surface area contributed by atoms with Crippen LogP contribution in [0.3, 0.4) is 0 Å². The number of furan rings is 1. The van der Waals surface area contributed by atoms with Gasteiger partial charge in [0.05, 0.1) is 23.5 Å². The van der Waals surface area contributed by atoms with E-state index in [1.54, 1.807) is 36.4 Å². The molecule has 7 nitrogen and oxygen atoms in total. The highest BCUT2D eigenvalue weighted by molar-refractivity contribution is 6.00. The molecule has 0 aliphatic rings. The van der Waals surface area contributed by atoms with Crippen molar-refractivity contribution in [2.75, 3.05) is 5.32 Å². The number of rotatable bonds is 4. The zero-order valence-corrected chi connectivity index (χ0v) is 11.9. The Morgan fingerprint density at radius 2 is 2.30 bits per heavy atom. The molecule has 1 amide bonds. The molecule has 7 heteroatoms. The fourth-order valence-electron chi connectivity index (χ4n) is 1.88. The Hall–Kier alpha value is -3.66. The summed E-state index contributed by atoms with van der Waals surface area (Å²) in [4.78, 5) is 16.0. The molecule has 0 bridgehead atoms. The highest BCUT2D eigenvalue weighted by Crippen LogP contribution is 2.15. The maximum atomic E-state index is 11.9. The monoisotopic (exact) mass is 305 g/mol. The summed E-state index contributed by atoms with van der Waals surface area (Å²) in [5.41, 5.74) is 2.03. The molecule has 2 aromatic heterocycles. The van der Waals surface area contributed by atoms with Gasteiger partial charge in [0.1, 0.15) is 6.26 Å². The van der Waals surface area contributed by atoms with Gasteiger partial charge in [0.25, 0.3) is 5.91 Å². The first-order chi connectivity index (χ1) is 11.2. The van der Waals surface area contributed by atoms with Crippen molar-refractivity contribution in [2.24, 2.45) is 0 Å². The van der Waals surface area contributed by atoms with Gasteiger partial charge in [-0.15, -0.1) is 5.10 Å². The van der Waals surface area contributed by atoms with Gasteiger partial charge in [0, 0.05) is 6.08 Å². The average Bonchev–Trinajstić information content (AvgIpc) is 3.24. The lowest BCUT2D eigenvalue weighted by Gasteiger charge is -1.95. The fourth-order valence-corrected chi connectivity index (χ4v) is 1.88. The third kappa shape index (κ3) is 3.51. The summed E-state index contributed by atoms with van der Waals surface area (Å²) in [5, 5.41) is 18.0. The van der Waals surface area contributed by atoms with E-state index in [1.165, 1.54) is 18.6 Å². The van der Waals surface area contributed by atoms with Crippen LogP contribution in [0.25, 0.3) is 17.5 Å². The number of anilines is 1. The molecular formula is C16H11N5O2. The van der Waals surface area contributed by atoms with Gasteiger partial charge < -0.3 is 4.42 Å². The molecule has 0 atom stereocenters. The third-order valence-corrected chi connectivity index (χ3v) is 2.96. The minimum Gasteiger partial charge on any atom is -0.472 e. The Balaban J connectivity index is 1.65. The Kier molecular flexibility index (Phi) is 3.98. The van der Waals surface area contributed by atoms with Crippen molar-refractivity contribution in [3.8, 4) is 17.5 Å². The smallest absolute Gasteiger partial charge is 0.250 e. The number of nitriles is 1. The fraction of sp³-hybridized carbons (Fsp3) is 0. The first-order valence-corrected chi connectivity index (χ1v) is 6.69. The van der Waals surface area contributed by atoms with Crippen LogP contribution in [0, 0.1) is 11.3 Å². The molecule has 2 N–H and O–H groups in total. The number of amides is 1. The topological polar surface area (TPSA) is 108 Å². The normalized spacial score (nSPS) is 10.6. The van der Waals surface area contributed by atoms with Gasteiger partial charge in [-0.05, 0) is 29.8 Å². The van der Waals surface area contributed by atoms with Gasteiger partial charge in [-0.1, -0.05) is 12.1 Å². The van der Waals surface area contributed by atoms with Crippen molar-refractivity contribution >= 4 is 17.9 Å². The molecule has 2 heterocycles. The number of hydrogen-bond donors (Lipinski definition) is 2. The molecule has 0 saturated heterocycles. The number of aromatic nitrogens is 3. The molecule has 0 radical (unpaired) electrons. The van der Waals surface area contributed by atoms with Gasteiger partial charge in [-0.3, -0.25) is 15.2 Å². The van der Waals surface area contributed by atoms with E-state index in [4.69, 9.17) is 9.68 Å². The Bertz CT molecular complexity index is 887. The molecule has 0 fully saturated rings. The summed E-state index contributed by atoms with van der Waals surface area (Å²) >= 11 is 0. The van der Waals surface area contributed by atoms with E-state index in [1.807, 2.05) is 6.07 Å². The lowest BCUT2D eigenvalue weighted by Crippen LogP contribution is -2.09. The van der Waals surface area contributed by atoms with Crippen LogP contribution < -0.4 is 5.32 Å². The zero-order valence-electron chi connectivity index (χ0n) is 11.9. The van der Waals surface area contributed by atoms with Crippen LogP contribution in [-0.4, -0.2) is 21.1 Å². The molecule has 0 spiro atoms. The minimum atomic E-state index is -0.370. The Morgan fingerprint density at radius 1 is 1.39 bits per heavy atom. The first-order valence-electron chi connectivity index (χ1n) is 6.69. The summed E-state index contributed by atoms with van der Waals surface area (Å²) in [6.07, 6.45) is 6.01. The summed E-state index contributed by atoms with van der Waals surface area (Å²) in [5.74, 6) is 0.298. The molecular weight excluding hydrogens is 294 g/mol. The molecule has 3 rings (SSSR count). The van der Waals surface area contributed by atoms with Crippen LogP contribution in [0.15, 0.2) is 53.4 Å². The van der Waals surface area contributed by atoms with E-state index in [0.717, 1.165) is 11.1 Å². The lowest BCUT2D eigenvalue weighted by molar-refractivity contribution is -0.111. The maximum absolute atomic E-state index is 11.9. The van der Waals surface area contributed by atoms with Crippen LogP contribution in [0.2, 0.25) is 0 Å². The third-order valence-electron chi connectivity index (χ3n) is 2.96. The van der Waals surface area contributed by atoms with Gasteiger partial charge in [0.15, 0.2) is 5.82 Å². The predicted octanol–water partition coefficient (Wildman–Crippen LogP) is 2.59.